The zero-order chi connectivity index (χ0) is 13.3. The van der Waals surface area contributed by atoms with Crippen LogP contribution in [0.1, 0.15) is 51.9 Å². The molecule has 0 atom stereocenters. The van der Waals surface area contributed by atoms with Crippen LogP contribution in [0.3, 0.4) is 0 Å². The van der Waals surface area contributed by atoms with E-state index in [0.717, 1.165) is 11.5 Å². The van der Waals surface area contributed by atoms with E-state index in [-0.39, 0.29) is 5.41 Å². The van der Waals surface area contributed by atoms with Crippen molar-refractivity contribution in [2.75, 3.05) is 0 Å². The molecule has 0 unspecified atom stereocenters. The Bertz CT molecular complexity index is 513. The summed E-state index contributed by atoms with van der Waals surface area (Å²) >= 11 is 0. The quantitative estimate of drug-likeness (QED) is 0.774. The lowest BCUT2D eigenvalue weighted by molar-refractivity contribution is 0.589. The molecule has 2 heteroatoms. The van der Waals surface area contributed by atoms with E-state index in [9.17, 15) is 0 Å². The van der Waals surface area contributed by atoms with Gasteiger partial charge >= 0.3 is 0 Å². The average Bonchev–Trinajstić information content (AvgIpc) is 2.77. The highest BCUT2D eigenvalue weighted by Gasteiger charge is 2.14. The first-order valence-corrected chi connectivity index (χ1v) is 6.45. The highest BCUT2D eigenvalue weighted by molar-refractivity contribution is 5.37. The minimum Gasteiger partial charge on any atom is -0.304 e. The van der Waals surface area contributed by atoms with Crippen LogP contribution in [0.5, 0.6) is 0 Å². The molecule has 2 nitrogen and oxygen atoms in total. The van der Waals surface area contributed by atoms with E-state index in [1.165, 1.54) is 5.56 Å². The maximum absolute atomic E-state index is 4.41. The van der Waals surface area contributed by atoms with Crippen molar-refractivity contribution < 1.29 is 0 Å². The molecule has 18 heavy (non-hydrogen) atoms. The van der Waals surface area contributed by atoms with Crippen LogP contribution in [-0.2, 0) is 5.41 Å². The topological polar surface area (TPSA) is 17.8 Å². The zero-order valence-electron chi connectivity index (χ0n) is 11.9. The van der Waals surface area contributed by atoms with Gasteiger partial charge in [-0.25, -0.2) is 4.98 Å². The fourth-order valence-corrected chi connectivity index (χ4v) is 1.99. The lowest BCUT2D eigenvalue weighted by Gasteiger charge is -2.19. The van der Waals surface area contributed by atoms with E-state index in [1.54, 1.807) is 0 Å². The van der Waals surface area contributed by atoms with Crippen molar-refractivity contribution in [1.29, 1.82) is 0 Å². The van der Waals surface area contributed by atoms with E-state index < -0.39 is 0 Å². The molecule has 0 spiro atoms. The summed E-state index contributed by atoms with van der Waals surface area (Å²) in [6.45, 7) is 10.9. The first kappa shape index (κ1) is 12.9. The third kappa shape index (κ3) is 2.47. The smallest absolute Gasteiger partial charge is 0.115 e. The van der Waals surface area contributed by atoms with Gasteiger partial charge in [0.1, 0.15) is 5.82 Å². The van der Waals surface area contributed by atoms with E-state index in [4.69, 9.17) is 0 Å². The molecule has 1 aromatic heterocycles. The van der Waals surface area contributed by atoms with Gasteiger partial charge in [0, 0.05) is 24.0 Å². The first-order chi connectivity index (χ1) is 8.39. The molecule has 0 aliphatic heterocycles. The Hall–Kier alpha value is -1.57. The van der Waals surface area contributed by atoms with Crippen molar-refractivity contribution in [2.24, 2.45) is 0 Å². The standard InChI is InChI=1S/C16H21N2/c1-12(2)15-17-10-11-18(15)14-8-6-13(7-9-14)16(3,4)5/h6,8-12H,1-5H3. The molecule has 0 aliphatic carbocycles. The largest absolute Gasteiger partial charge is 0.304 e. The Morgan fingerprint density at radius 3 is 2.44 bits per heavy atom. The van der Waals surface area contributed by atoms with Crippen molar-refractivity contribution in [3.8, 4) is 5.69 Å². The zero-order valence-corrected chi connectivity index (χ0v) is 11.9. The average molecular weight is 241 g/mol. The maximum atomic E-state index is 4.41. The number of aromatic nitrogens is 2. The van der Waals surface area contributed by atoms with Crippen LogP contribution in [0.2, 0.25) is 0 Å². The van der Waals surface area contributed by atoms with Crippen molar-refractivity contribution in [2.45, 2.75) is 46.0 Å². The third-order valence-corrected chi connectivity index (χ3v) is 3.07. The number of imidazole rings is 1. The van der Waals surface area contributed by atoms with Gasteiger partial charge in [0.05, 0.1) is 0 Å². The van der Waals surface area contributed by atoms with Crippen molar-refractivity contribution >= 4 is 0 Å². The summed E-state index contributed by atoms with van der Waals surface area (Å²) in [5.41, 5.74) is 2.51. The van der Waals surface area contributed by atoms with Crippen LogP contribution in [0, 0.1) is 6.07 Å². The summed E-state index contributed by atoms with van der Waals surface area (Å²) in [5.74, 6) is 1.51. The highest BCUT2D eigenvalue weighted by Crippen LogP contribution is 2.24. The van der Waals surface area contributed by atoms with Gasteiger partial charge in [-0.1, -0.05) is 40.7 Å². The summed E-state index contributed by atoms with van der Waals surface area (Å²) in [7, 11) is 0. The molecule has 0 saturated carbocycles. The molecule has 1 radical (unpaired) electrons. The Balaban J connectivity index is 2.38. The molecule has 2 aromatic rings. The van der Waals surface area contributed by atoms with E-state index >= 15 is 0 Å². The van der Waals surface area contributed by atoms with Gasteiger partial charge in [0.25, 0.3) is 0 Å². The summed E-state index contributed by atoms with van der Waals surface area (Å²) in [5, 5.41) is 0. The van der Waals surface area contributed by atoms with Crippen LogP contribution in [-0.4, -0.2) is 9.55 Å². The fourth-order valence-electron chi connectivity index (χ4n) is 1.99. The Morgan fingerprint density at radius 1 is 1.22 bits per heavy atom. The molecule has 2 rings (SSSR count). The molecule has 1 heterocycles. The van der Waals surface area contributed by atoms with Gasteiger partial charge in [0.15, 0.2) is 0 Å². The Kier molecular flexibility index (Phi) is 3.29. The monoisotopic (exact) mass is 241 g/mol. The molecule has 0 amide bonds. The van der Waals surface area contributed by atoms with Crippen LogP contribution in [0.4, 0.5) is 0 Å². The van der Waals surface area contributed by atoms with Gasteiger partial charge in [-0.3, -0.25) is 0 Å². The van der Waals surface area contributed by atoms with Gasteiger partial charge < -0.3 is 4.57 Å². The number of hydrogen-bond acceptors (Lipinski definition) is 1. The number of nitrogens with zero attached hydrogens (tertiary/aromatic N) is 2. The predicted molar refractivity (Wildman–Crippen MR) is 75.2 cm³/mol. The second-order valence-electron chi connectivity index (χ2n) is 6.02. The molecule has 95 valence electrons. The van der Waals surface area contributed by atoms with Crippen LogP contribution < -0.4 is 0 Å². The Labute approximate surface area is 110 Å². The van der Waals surface area contributed by atoms with Crippen LogP contribution >= 0.6 is 0 Å². The summed E-state index contributed by atoms with van der Waals surface area (Å²) < 4.78 is 2.13. The Morgan fingerprint density at radius 2 is 1.94 bits per heavy atom. The summed E-state index contributed by atoms with van der Waals surface area (Å²) in [4.78, 5) is 4.41. The number of hydrogen-bond donors (Lipinski definition) is 0. The second kappa shape index (κ2) is 4.60. The van der Waals surface area contributed by atoms with Crippen molar-refractivity contribution in [3.05, 3.63) is 48.0 Å². The molecule has 0 aliphatic rings. The van der Waals surface area contributed by atoms with Gasteiger partial charge in [0.2, 0.25) is 0 Å². The molecule has 1 aromatic carbocycles. The molecule has 0 N–H and O–H groups in total. The second-order valence-corrected chi connectivity index (χ2v) is 6.02. The summed E-state index contributed by atoms with van der Waals surface area (Å²) in [6, 6.07) is 9.73. The van der Waals surface area contributed by atoms with Gasteiger partial charge in [-0.2, -0.15) is 0 Å². The SMILES string of the molecule is CC(C)c1nccn1-c1c[c]c(C(C)(C)C)cc1. The number of rotatable bonds is 2. The minimum absolute atomic E-state index is 0.147. The molecule has 0 saturated heterocycles. The maximum Gasteiger partial charge on any atom is 0.115 e. The molecular formula is C16H21N2. The highest BCUT2D eigenvalue weighted by atomic mass is 15.1. The fraction of sp³-hybridized carbons (Fsp3) is 0.438. The van der Waals surface area contributed by atoms with Gasteiger partial charge in [-0.15, -0.1) is 0 Å². The third-order valence-electron chi connectivity index (χ3n) is 3.07. The number of benzene rings is 1. The minimum atomic E-state index is 0.147. The van der Waals surface area contributed by atoms with Gasteiger partial charge in [-0.05, 0) is 29.2 Å². The van der Waals surface area contributed by atoms with Crippen molar-refractivity contribution in [1.82, 2.24) is 9.55 Å². The predicted octanol–water partition coefficient (Wildman–Crippen LogP) is 4.09. The van der Waals surface area contributed by atoms with Crippen LogP contribution in [0.15, 0.2) is 30.6 Å². The molecule has 0 bridgehead atoms. The summed E-state index contributed by atoms with van der Waals surface area (Å²) in [6.07, 6.45) is 3.86. The van der Waals surface area contributed by atoms with E-state index in [0.29, 0.717) is 5.92 Å². The first-order valence-electron chi connectivity index (χ1n) is 6.45. The van der Waals surface area contributed by atoms with E-state index in [1.807, 2.05) is 18.5 Å². The normalized spacial score (nSPS) is 12.1. The van der Waals surface area contributed by atoms with E-state index in [2.05, 4.69) is 62.4 Å². The lowest BCUT2D eigenvalue weighted by Crippen LogP contribution is -2.11. The molecular weight excluding hydrogens is 220 g/mol. The van der Waals surface area contributed by atoms with Crippen molar-refractivity contribution in [3.63, 3.8) is 0 Å². The van der Waals surface area contributed by atoms with Crippen LogP contribution in [0.25, 0.3) is 5.69 Å². The molecule has 0 fully saturated rings. The lowest BCUT2D eigenvalue weighted by atomic mass is 9.87.